The standard InChI is InChI=1S/C13H15ClF2N2O2/c14-9-3-1-2-8(12(9)16)11(6-19)18-5-7(15)4-10(18)13(17)20/h1-3,7,10-11,19H,4-6H2,(H2,17,20)/t7-,10+,11+/m1/s1. The first kappa shape index (κ1) is 15.2. The number of primary amides is 1. The molecule has 0 saturated carbocycles. The monoisotopic (exact) mass is 304 g/mol. The van der Waals surface area contributed by atoms with Gasteiger partial charge in [0.25, 0.3) is 0 Å². The third-order valence-electron chi connectivity index (χ3n) is 3.53. The van der Waals surface area contributed by atoms with Gasteiger partial charge in [-0.2, -0.15) is 0 Å². The van der Waals surface area contributed by atoms with Crippen molar-refractivity contribution in [2.45, 2.75) is 24.7 Å². The number of hydrogen-bond acceptors (Lipinski definition) is 3. The maximum atomic E-state index is 14.0. The summed E-state index contributed by atoms with van der Waals surface area (Å²) in [4.78, 5) is 12.8. The summed E-state index contributed by atoms with van der Waals surface area (Å²) in [5, 5.41) is 9.42. The van der Waals surface area contributed by atoms with Crippen LogP contribution in [0.15, 0.2) is 18.2 Å². The SMILES string of the molecule is NC(=O)[C@@H]1C[C@@H](F)CN1[C@@H](CO)c1cccc(Cl)c1F. The van der Waals surface area contributed by atoms with Crippen LogP contribution in [0.3, 0.4) is 0 Å². The molecule has 1 aromatic carbocycles. The highest BCUT2D eigenvalue weighted by Gasteiger charge is 2.40. The molecule has 1 aliphatic heterocycles. The Morgan fingerprint density at radius 1 is 1.60 bits per heavy atom. The van der Waals surface area contributed by atoms with Crippen LogP contribution in [0.25, 0.3) is 0 Å². The van der Waals surface area contributed by atoms with Crippen LogP contribution >= 0.6 is 11.6 Å². The molecule has 1 fully saturated rings. The van der Waals surface area contributed by atoms with Crippen LogP contribution in [0.1, 0.15) is 18.0 Å². The summed E-state index contributed by atoms with van der Waals surface area (Å²) in [6.45, 7) is -0.543. The van der Waals surface area contributed by atoms with E-state index in [1.807, 2.05) is 0 Å². The number of hydrogen-bond donors (Lipinski definition) is 2. The number of halogens is 3. The number of aliphatic hydroxyl groups is 1. The maximum absolute atomic E-state index is 14.0. The van der Waals surface area contributed by atoms with Gasteiger partial charge in [0.05, 0.1) is 23.7 Å². The van der Waals surface area contributed by atoms with E-state index in [4.69, 9.17) is 17.3 Å². The zero-order chi connectivity index (χ0) is 14.9. The Kier molecular flexibility index (Phi) is 4.57. The second-order valence-corrected chi connectivity index (χ2v) is 5.20. The molecule has 1 aliphatic rings. The van der Waals surface area contributed by atoms with Gasteiger partial charge in [0.15, 0.2) is 0 Å². The van der Waals surface area contributed by atoms with Gasteiger partial charge in [0, 0.05) is 18.5 Å². The third-order valence-corrected chi connectivity index (χ3v) is 3.82. The van der Waals surface area contributed by atoms with Gasteiger partial charge in [-0.05, 0) is 6.07 Å². The van der Waals surface area contributed by atoms with E-state index in [-0.39, 0.29) is 23.6 Å². The Bertz CT molecular complexity index is 515. The average Bonchev–Trinajstić information content (AvgIpc) is 2.77. The maximum Gasteiger partial charge on any atom is 0.234 e. The first-order valence-corrected chi connectivity index (χ1v) is 6.57. The van der Waals surface area contributed by atoms with E-state index in [9.17, 15) is 18.7 Å². The molecule has 3 N–H and O–H groups in total. The molecule has 0 aromatic heterocycles. The second kappa shape index (κ2) is 6.03. The lowest BCUT2D eigenvalue weighted by Gasteiger charge is -2.30. The number of rotatable bonds is 4. The molecule has 1 saturated heterocycles. The van der Waals surface area contributed by atoms with E-state index < -0.39 is 36.6 Å². The van der Waals surface area contributed by atoms with Crippen molar-refractivity contribution in [2.75, 3.05) is 13.2 Å². The zero-order valence-electron chi connectivity index (χ0n) is 10.6. The summed E-state index contributed by atoms with van der Waals surface area (Å²) in [6.07, 6.45) is -1.28. The van der Waals surface area contributed by atoms with Gasteiger partial charge in [-0.25, -0.2) is 8.78 Å². The number of aliphatic hydroxyl groups excluding tert-OH is 1. The number of likely N-dealkylation sites (tertiary alicyclic amines) is 1. The summed E-state index contributed by atoms with van der Waals surface area (Å²) in [6, 6.07) is 2.65. The predicted molar refractivity (Wildman–Crippen MR) is 70.4 cm³/mol. The number of nitrogens with zero attached hydrogens (tertiary/aromatic N) is 1. The zero-order valence-corrected chi connectivity index (χ0v) is 11.4. The summed E-state index contributed by atoms with van der Waals surface area (Å²) >= 11 is 5.71. The highest BCUT2D eigenvalue weighted by atomic mass is 35.5. The van der Waals surface area contributed by atoms with Gasteiger partial charge >= 0.3 is 0 Å². The Morgan fingerprint density at radius 3 is 2.90 bits per heavy atom. The first-order chi connectivity index (χ1) is 9.45. The molecule has 0 bridgehead atoms. The highest BCUT2D eigenvalue weighted by molar-refractivity contribution is 6.30. The Labute approximate surface area is 120 Å². The summed E-state index contributed by atoms with van der Waals surface area (Å²) in [5.74, 6) is -1.37. The van der Waals surface area contributed by atoms with Gasteiger partial charge in [-0.15, -0.1) is 0 Å². The van der Waals surface area contributed by atoms with Crippen LogP contribution in [0, 0.1) is 5.82 Å². The molecule has 1 amide bonds. The van der Waals surface area contributed by atoms with Crippen LogP contribution in [-0.4, -0.2) is 41.3 Å². The normalized spacial score (nSPS) is 24.8. The number of carbonyl (C=O) groups is 1. The number of alkyl halides is 1. The van der Waals surface area contributed by atoms with Crippen LogP contribution in [0.5, 0.6) is 0 Å². The molecule has 110 valence electrons. The second-order valence-electron chi connectivity index (χ2n) is 4.79. The molecular formula is C13H15ClF2N2O2. The van der Waals surface area contributed by atoms with Gasteiger partial charge < -0.3 is 10.8 Å². The van der Waals surface area contributed by atoms with Crippen molar-refractivity contribution in [3.63, 3.8) is 0 Å². The lowest BCUT2D eigenvalue weighted by atomic mass is 10.0. The minimum Gasteiger partial charge on any atom is -0.394 e. The molecule has 0 spiro atoms. The average molecular weight is 305 g/mol. The molecule has 4 nitrogen and oxygen atoms in total. The molecular weight excluding hydrogens is 290 g/mol. The molecule has 1 heterocycles. The van der Waals surface area contributed by atoms with Crippen LogP contribution in [0.2, 0.25) is 5.02 Å². The molecule has 1 aromatic rings. The van der Waals surface area contributed by atoms with Crippen LogP contribution in [0.4, 0.5) is 8.78 Å². The third kappa shape index (κ3) is 2.77. The fourth-order valence-corrected chi connectivity index (χ4v) is 2.77. The molecule has 3 atom stereocenters. The minimum atomic E-state index is -1.23. The van der Waals surface area contributed by atoms with Gasteiger partial charge in [-0.1, -0.05) is 23.7 Å². The van der Waals surface area contributed by atoms with E-state index in [1.54, 1.807) is 0 Å². The van der Waals surface area contributed by atoms with Crippen molar-refractivity contribution < 1.29 is 18.7 Å². The lowest BCUT2D eigenvalue weighted by Crippen LogP contribution is -2.43. The highest BCUT2D eigenvalue weighted by Crippen LogP contribution is 2.33. The van der Waals surface area contributed by atoms with E-state index in [0.29, 0.717) is 0 Å². The number of nitrogens with two attached hydrogens (primary N) is 1. The van der Waals surface area contributed by atoms with Gasteiger partial charge in [0.1, 0.15) is 12.0 Å². The molecule has 2 rings (SSSR count). The minimum absolute atomic E-state index is 0.0476. The summed E-state index contributed by atoms with van der Waals surface area (Å²) < 4.78 is 27.6. The van der Waals surface area contributed by atoms with E-state index >= 15 is 0 Å². The molecule has 0 unspecified atom stereocenters. The van der Waals surface area contributed by atoms with Gasteiger partial charge in [-0.3, -0.25) is 9.69 Å². The van der Waals surface area contributed by atoms with Crippen molar-refractivity contribution in [1.29, 1.82) is 0 Å². The van der Waals surface area contributed by atoms with E-state index in [1.165, 1.54) is 23.1 Å². The van der Waals surface area contributed by atoms with Crippen molar-refractivity contribution >= 4 is 17.5 Å². The van der Waals surface area contributed by atoms with E-state index in [2.05, 4.69) is 0 Å². The Balaban J connectivity index is 2.36. The number of carbonyl (C=O) groups excluding carboxylic acids is 1. The fraction of sp³-hybridized carbons (Fsp3) is 0.462. The largest absolute Gasteiger partial charge is 0.394 e. The van der Waals surface area contributed by atoms with Gasteiger partial charge in [0.2, 0.25) is 5.91 Å². The number of amides is 1. The van der Waals surface area contributed by atoms with E-state index in [0.717, 1.165) is 0 Å². The lowest BCUT2D eigenvalue weighted by molar-refractivity contribution is -0.123. The van der Waals surface area contributed by atoms with Crippen LogP contribution in [-0.2, 0) is 4.79 Å². The molecule has 0 radical (unpaired) electrons. The smallest absolute Gasteiger partial charge is 0.234 e. The van der Waals surface area contributed by atoms with Crippen molar-refractivity contribution in [3.05, 3.63) is 34.6 Å². The summed E-state index contributed by atoms with van der Waals surface area (Å²) in [5.41, 5.74) is 5.37. The quantitative estimate of drug-likeness (QED) is 0.884. The molecule has 20 heavy (non-hydrogen) atoms. The molecule has 0 aliphatic carbocycles. The Hall–Kier alpha value is -1.24. The number of benzene rings is 1. The molecule has 7 heteroatoms. The van der Waals surface area contributed by atoms with Crippen LogP contribution < -0.4 is 5.73 Å². The van der Waals surface area contributed by atoms with Crippen molar-refractivity contribution in [1.82, 2.24) is 4.90 Å². The summed E-state index contributed by atoms with van der Waals surface area (Å²) in [7, 11) is 0. The fourth-order valence-electron chi connectivity index (χ4n) is 2.59. The Morgan fingerprint density at radius 2 is 2.30 bits per heavy atom. The predicted octanol–water partition coefficient (Wildman–Crippen LogP) is 1.41. The first-order valence-electron chi connectivity index (χ1n) is 6.19. The van der Waals surface area contributed by atoms with Crippen molar-refractivity contribution in [2.24, 2.45) is 5.73 Å². The van der Waals surface area contributed by atoms with Crippen molar-refractivity contribution in [3.8, 4) is 0 Å². The topological polar surface area (TPSA) is 66.6 Å².